The molecule has 0 atom stereocenters. The largest absolute Gasteiger partial charge is 0.389 e. The van der Waals surface area contributed by atoms with E-state index in [1.807, 2.05) is 0 Å². The van der Waals surface area contributed by atoms with Crippen molar-refractivity contribution < 1.29 is 23.5 Å². The van der Waals surface area contributed by atoms with Gasteiger partial charge in [0.25, 0.3) is 0 Å². The molecule has 96 valence electrons. The number of carbonyl (C=O) groups excluding carboxylic acids is 1. The predicted molar refractivity (Wildman–Crippen MR) is 61.6 cm³/mol. The van der Waals surface area contributed by atoms with Crippen LogP contribution in [0.3, 0.4) is 0 Å². The Kier molecular flexibility index (Phi) is 4.89. The third kappa shape index (κ3) is 3.39. The molecule has 0 aromatic carbocycles. The SMILES string of the molecule is COP(=O)(CC(=O)C(C)(C)C(C)(C)O)OC. The van der Waals surface area contributed by atoms with Crippen molar-refractivity contribution in [2.75, 3.05) is 20.4 Å². The molecular formula is C10H21O5P. The van der Waals surface area contributed by atoms with Crippen LogP contribution in [-0.4, -0.2) is 36.9 Å². The summed E-state index contributed by atoms with van der Waals surface area (Å²) >= 11 is 0. The van der Waals surface area contributed by atoms with E-state index >= 15 is 0 Å². The minimum Gasteiger partial charge on any atom is -0.389 e. The van der Waals surface area contributed by atoms with Gasteiger partial charge in [-0.15, -0.1) is 0 Å². The first-order valence-electron chi connectivity index (χ1n) is 4.96. The quantitative estimate of drug-likeness (QED) is 0.730. The lowest BCUT2D eigenvalue weighted by atomic mass is 9.74. The fourth-order valence-corrected chi connectivity index (χ4v) is 2.07. The van der Waals surface area contributed by atoms with Crippen LogP contribution < -0.4 is 0 Å². The average Bonchev–Trinajstić information content (AvgIpc) is 2.15. The van der Waals surface area contributed by atoms with Crippen LogP contribution in [-0.2, 0) is 18.4 Å². The third-order valence-electron chi connectivity index (χ3n) is 3.12. The second-order valence-electron chi connectivity index (χ2n) is 4.74. The second-order valence-corrected chi connectivity index (χ2v) is 7.01. The molecule has 0 fully saturated rings. The van der Waals surface area contributed by atoms with Crippen molar-refractivity contribution in [2.45, 2.75) is 33.3 Å². The molecule has 0 saturated carbocycles. The summed E-state index contributed by atoms with van der Waals surface area (Å²) < 4.78 is 21.2. The van der Waals surface area contributed by atoms with Gasteiger partial charge in [0.15, 0.2) is 5.78 Å². The van der Waals surface area contributed by atoms with Gasteiger partial charge in [0.1, 0.15) is 6.16 Å². The van der Waals surface area contributed by atoms with Crippen molar-refractivity contribution in [3.63, 3.8) is 0 Å². The highest BCUT2D eigenvalue weighted by Crippen LogP contribution is 2.48. The summed E-state index contributed by atoms with van der Waals surface area (Å²) in [5.41, 5.74) is -2.21. The number of aliphatic hydroxyl groups is 1. The average molecular weight is 252 g/mol. The Morgan fingerprint density at radius 2 is 1.56 bits per heavy atom. The van der Waals surface area contributed by atoms with E-state index in [4.69, 9.17) is 9.05 Å². The van der Waals surface area contributed by atoms with Crippen LogP contribution in [0.15, 0.2) is 0 Å². The van der Waals surface area contributed by atoms with Gasteiger partial charge in [-0.2, -0.15) is 0 Å². The lowest BCUT2D eigenvalue weighted by Crippen LogP contribution is -2.46. The van der Waals surface area contributed by atoms with E-state index in [2.05, 4.69) is 0 Å². The summed E-state index contributed by atoms with van der Waals surface area (Å²) in [7, 11) is -0.902. The Morgan fingerprint density at radius 1 is 1.19 bits per heavy atom. The lowest BCUT2D eigenvalue weighted by molar-refractivity contribution is -0.137. The smallest absolute Gasteiger partial charge is 0.337 e. The maximum Gasteiger partial charge on any atom is 0.337 e. The van der Waals surface area contributed by atoms with Gasteiger partial charge in [0.05, 0.1) is 11.0 Å². The molecule has 5 nitrogen and oxygen atoms in total. The number of rotatable bonds is 6. The molecule has 0 aliphatic rings. The first-order valence-corrected chi connectivity index (χ1v) is 6.69. The van der Waals surface area contributed by atoms with Gasteiger partial charge < -0.3 is 14.2 Å². The Hall–Kier alpha value is -0.220. The Morgan fingerprint density at radius 3 is 1.81 bits per heavy atom. The molecule has 0 amide bonds. The van der Waals surface area contributed by atoms with Gasteiger partial charge in [0.2, 0.25) is 0 Å². The van der Waals surface area contributed by atoms with Crippen molar-refractivity contribution in [3.05, 3.63) is 0 Å². The van der Waals surface area contributed by atoms with Crippen LogP contribution in [0.1, 0.15) is 27.7 Å². The number of hydrogen-bond donors (Lipinski definition) is 1. The molecule has 0 heterocycles. The molecule has 0 aliphatic carbocycles. The van der Waals surface area contributed by atoms with E-state index in [9.17, 15) is 14.5 Å². The highest BCUT2D eigenvalue weighted by atomic mass is 31.2. The highest BCUT2D eigenvalue weighted by molar-refractivity contribution is 7.54. The molecular weight excluding hydrogens is 231 g/mol. The van der Waals surface area contributed by atoms with Gasteiger partial charge in [-0.25, -0.2) is 0 Å². The van der Waals surface area contributed by atoms with Crippen molar-refractivity contribution >= 4 is 13.4 Å². The van der Waals surface area contributed by atoms with Crippen molar-refractivity contribution in [1.82, 2.24) is 0 Å². The fourth-order valence-electron chi connectivity index (χ4n) is 0.918. The number of Topliss-reactive ketones (excluding diaryl/α,β-unsaturated/α-hetero) is 1. The van der Waals surface area contributed by atoms with E-state index < -0.39 is 18.6 Å². The molecule has 0 unspecified atom stereocenters. The monoisotopic (exact) mass is 252 g/mol. The summed E-state index contributed by atoms with van der Waals surface area (Å²) in [6.07, 6.45) is -0.336. The molecule has 0 saturated heterocycles. The van der Waals surface area contributed by atoms with E-state index in [1.54, 1.807) is 13.8 Å². The Labute approximate surface area is 96.7 Å². The first kappa shape index (κ1) is 15.8. The van der Waals surface area contributed by atoms with E-state index in [0.717, 1.165) is 0 Å². The van der Waals surface area contributed by atoms with Crippen molar-refractivity contribution in [1.29, 1.82) is 0 Å². The molecule has 0 aromatic rings. The summed E-state index contributed by atoms with van der Waals surface area (Å²) in [6.45, 7) is 6.28. The van der Waals surface area contributed by atoms with Crippen molar-refractivity contribution in [3.8, 4) is 0 Å². The van der Waals surface area contributed by atoms with E-state index in [0.29, 0.717) is 0 Å². The highest BCUT2D eigenvalue weighted by Gasteiger charge is 2.44. The van der Waals surface area contributed by atoms with Gasteiger partial charge >= 0.3 is 7.60 Å². The lowest BCUT2D eigenvalue weighted by Gasteiger charge is -2.36. The van der Waals surface area contributed by atoms with Gasteiger partial charge in [-0.3, -0.25) is 9.36 Å². The van der Waals surface area contributed by atoms with Crippen LogP contribution in [0.25, 0.3) is 0 Å². The van der Waals surface area contributed by atoms with Crippen LogP contribution in [0.5, 0.6) is 0 Å². The number of ketones is 1. The molecule has 0 spiro atoms. The summed E-state index contributed by atoms with van der Waals surface area (Å²) in [6, 6.07) is 0. The predicted octanol–water partition coefficient (Wildman–Crippen LogP) is 1.84. The van der Waals surface area contributed by atoms with E-state index in [-0.39, 0.29) is 11.9 Å². The molecule has 1 N–H and O–H groups in total. The molecule has 0 aromatic heterocycles. The zero-order valence-electron chi connectivity index (χ0n) is 10.7. The van der Waals surface area contributed by atoms with Crippen LogP contribution in [0.4, 0.5) is 0 Å². The molecule has 0 radical (unpaired) electrons. The summed E-state index contributed by atoms with van der Waals surface area (Å²) in [5, 5.41) is 9.87. The van der Waals surface area contributed by atoms with Crippen LogP contribution >= 0.6 is 7.60 Å². The standard InChI is InChI=1S/C10H21O5P/c1-9(2,10(3,4)12)8(11)7-16(13,14-5)15-6/h12H,7H2,1-6H3. The number of hydrogen-bond acceptors (Lipinski definition) is 5. The maximum atomic E-state index is 12.0. The van der Waals surface area contributed by atoms with E-state index in [1.165, 1.54) is 28.1 Å². The zero-order valence-corrected chi connectivity index (χ0v) is 11.6. The molecule has 16 heavy (non-hydrogen) atoms. The second kappa shape index (κ2) is 4.96. The maximum absolute atomic E-state index is 12.0. The number of carbonyl (C=O) groups is 1. The third-order valence-corrected chi connectivity index (χ3v) is 4.91. The topological polar surface area (TPSA) is 72.8 Å². The Balaban J connectivity index is 4.91. The molecule has 0 rings (SSSR count). The van der Waals surface area contributed by atoms with Crippen LogP contribution in [0.2, 0.25) is 0 Å². The summed E-state index contributed by atoms with van der Waals surface area (Å²) in [5.74, 6) is -0.355. The van der Waals surface area contributed by atoms with Crippen LogP contribution in [0, 0.1) is 5.41 Å². The minimum atomic E-state index is -3.36. The molecule has 6 heteroatoms. The zero-order chi connectivity index (χ0) is 13.2. The molecule has 0 aliphatic heterocycles. The van der Waals surface area contributed by atoms with Gasteiger partial charge in [0, 0.05) is 14.2 Å². The minimum absolute atomic E-state index is 0.336. The summed E-state index contributed by atoms with van der Waals surface area (Å²) in [4.78, 5) is 12.0. The van der Waals surface area contributed by atoms with Crippen molar-refractivity contribution in [2.24, 2.45) is 5.41 Å². The first-order chi connectivity index (χ1) is 7.00. The van der Waals surface area contributed by atoms with Gasteiger partial charge in [-0.05, 0) is 13.8 Å². The Bertz CT molecular complexity index is 295. The van der Waals surface area contributed by atoms with Gasteiger partial charge in [-0.1, -0.05) is 13.8 Å². The fraction of sp³-hybridized carbons (Fsp3) is 0.900. The normalized spacial score (nSPS) is 13.9. The molecule has 0 bridgehead atoms.